The molecule has 1 aliphatic rings. The molecule has 118 valence electrons. The Labute approximate surface area is 131 Å². The van der Waals surface area contributed by atoms with Gasteiger partial charge in [0.15, 0.2) is 11.6 Å². The summed E-state index contributed by atoms with van der Waals surface area (Å²) in [5, 5.41) is 9.40. The molecule has 2 aromatic rings. The number of carboxylic acid groups (broad SMARTS) is 1. The molecule has 1 atom stereocenters. The summed E-state index contributed by atoms with van der Waals surface area (Å²) in [5.41, 5.74) is 1.64. The number of carbonyl (C=O) groups is 2. The van der Waals surface area contributed by atoms with Crippen LogP contribution in [0.25, 0.3) is 0 Å². The summed E-state index contributed by atoms with van der Waals surface area (Å²) in [4.78, 5) is 25.2. The Bertz CT molecular complexity index is 791. The van der Waals surface area contributed by atoms with Crippen molar-refractivity contribution in [3.05, 3.63) is 70.8 Å². The molecule has 6 heteroatoms. The Morgan fingerprint density at radius 2 is 1.74 bits per heavy atom. The minimum Gasteiger partial charge on any atom is -0.480 e. The Morgan fingerprint density at radius 1 is 1.04 bits per heavy atom. The number of rotatable bonds is 2. The lowest BCUT2D eigenvalue weighted by Gasteiger charge is -2.34. The van der Waals surface area contributed by atoms with Gasteiger partial charge in [0.25, 0.3) is 5.91 Å². The first kappa shape index (κ1) is 15.1. The van der Waals surface area contributed by atoms with E-state index >= 15 is 0 Å². The third-order valence-electron chi connectivity index (χ3n) is 3.96. The Balaban J connectivity index is 1.97. The largest absolute Gasteiger partial charge is 0.480 e. The van der Waals surface area contributed by atoms with Crippen molar-refractivity contribution in [2.75, 3.05) is 0 Å². The van der Waals surface area contributed by atoms with Crippen molar-refractivity contribution in [2.24, 2.45) is 0 Å². The smallest absolute Gasteiger partial charge is 0.326 e. The summed E-state index contributed by atoms with van der Waals surface area (Å²) in [6.45, 7) is 0.116. The lowest BCUT2D eigenvalue weighted by atomic mass is 9.93. The Hall–Kier alpha value is -2.76. The SMILES string of the molecule is O=C(O)C1Cc2ccccc2CN1C(=O)c1ccc(F)c(F)c1. The predicted molar refractivity (Wildman–Crippen MR) is 77.8 cm³/mol. The highest BCUT2D eigenvalue weighted by atomic mass is 19.2. The highest BCUT2D eigenvalue weighted by Crippen LogP contribution is 2.25. The summed E-state index contributed by atoms with van der Waals surface area (Å²) in [5.74, 6) is -3.96. The third-order valence-corrected chi connectivity index (χ3v) is 3.96. The quantitative estimate of drug-likeness (QED) is 0.926. The third kappa shape index (κ3) is 2.79. The lowest BCUT2D eigenvalue weighted by molar-refractivity contribution is -0.142. The van der Waals surface area contributed by atoms with E-state index in [2.05, 4.69) is 0 Å². The second-order valence-electron chi connectivity index (χ2n) is 5.39. The van der Waals surface area contributed by atoms with Crippen molar-refractivity contribution in [1.29, 1.82) is 0 Å². The molecule has 3 rings (SSSR count). The van der Waals surface area contributed by atoms with E-state index in [4.69, 9.17) is 0 Å². The van der Waals surface area contributed by atoms with E-state index in [9.17, 15) is 23.5 Å². The topological polar surface area (TPSA) is 57.6 Å². The monoisotopic (exact) mass is 317 g/mol. The van der Waals surface area contributed by atoms with Gasteiger partial charge in [0.05, 0.1) is 0 Å². The number of nitrogens with zero attached hydrogens (tertiary/aromatic N) is 1. The van der Waals surface area contributed by atoms with E-state index in [-0.39, 0.29) is 18.5 Å². The molecule has 0 saturated heterocycles. The molecule has 1 aliphatic heterocycles. The maximum atomic E-state index is 13.3. The molecular weight excluding hydrogens is 304 g/mol. The van der Waals surface area contributed by atoms with Gasteiger partial charge in [-0.1, -0.05) is 24.3 Å². The number of benzene rings is 2. The van der Waals surface area contributed by atoms with Crippen LogP contribution >= 0.6 is 0 Å². The van der Waals surface area contributed by atoms with Gasteiger partial charge in [0.2, 0.25) is 0 Å². The van der Waals surface area contributed by atoms with Gasteiger partial charge in [0, 0.05) is 18.5 Å². The van der Waals surface area contributed by atoms with Crippen LogP contribution in [0.3, 0.4) is 0 Å². The fraction of sp³-hybridized carbons (Fsp3) is 0.176. The predicted octanol–water partition coefficient (Wildman–Crippen LogP) is 2.62. The second kappa shape index (κ2) is 5.79. The minimum atomic E-state index is -1.14. The number of halogens is 2. The van der Waals surface area contributed by atoms with E-state index in [0.717, 1.165) is 29.3 Å². The number of hydrogen-bond acceptors (Lipinski definition) is 2. The average Bonchev–Trinajstić information content (AvgIpc) is 2.55. The normalized spacial score (nSPS) is 16.8. The number of carboxylic acids is 1. The maximum absolute atomic E-state index is 13.3. The number of amides is 1. The first-order chi connectivity index (χ1) is 11.0. The van der Waals surface area contributed by atoms with Gasteiger partial charge in [-0.05, 0) is 29.3 Å². The van der Waals surface area contributed by atoms with E-state index in [1.807, 2.05) is 18.2 Å². The van der Waals surface area contributed by atoms with Gasteiger partial charge >= 0.3 is 5.97 Å². The molecule has 1 N–H and O–H groups in total. The van der Waals surface area contributed by atoms with E-state index in [1.165, 1.54) is 4.90 Å². The molecule has 4 nitrogen and oxygen atoms in total. The summed E-state index contributed by atoms with van der Waals surface area (Å²) >= 11 is 0. The highest BCUT2D eigenvalue weighted by molar-refractivity contribution is 5.97. The van der Waals surface area contributed by atoms with Crippen molar-refractivity contribution in [3.8, 4) is 0 Å². The molecule has 0 spiro atoms. The molecule has 0 aliphatic carbocycles. The van der Waals surface area contributed by atoms with Crippen LogP contribution in [0.5, 0.6) is 0 Å². The zero-order chi connectivity index (χ0) is 16.6. The summed E-state index contributed by atoms with van der Waals surface area (Å²) in [7, 11) is 0. The minimum absolute atomic E-state index is 0.0745. The molecule has 1 amide bonds. The van der Waals surface area contributed by atoms with Gasteiger partial charge < -0.3 is 10.0 Å². The van der Waals surface area contributed by atoms with Crippen LogP contribution in [0.15, 0.2) is 42.5 Å². The van der Waals surface area contributed by atoms with Crippen molar-refractivity contribution >= 4 is 11.9 Å². The van der Waals surface area contributed by atoms with Crippen molar-refractivity contribution in [2.45, 2.75) is 19.0 Å². The number of hydrogen-bond donors (Lipinski definition) is 1. The van der Waals surface area contributed by atoms with E-state index in [0.29, 0.717) is 0 Å². The van der Waals surface area contributed by atoms with Crippen LogP contribution in [0, 0.1) is 11.6 Å². The summed E-state index contributed by atoms with van der Waals surface area (Å²) in [6, 6.07) is 9.02. The Kier molecular flexibility index (Phi) is 3.82. The van der Waals surface area contributed by atoms with E-state index < -0.39 is 29.6 Å². The molecule has 0 fully saturated rings. The van der Waals surface area contributed by atoms with Crippen LogP contribution in [0.2, 0.25) is 0 Å². The van der Waals surface area contributed by atoms with Crippen molar-refractivity contribution in [1.82, 2.24) is 4.90 Å². The van der Waals surface area contributed by atoms with Gasteiger partial charge in [0.1, 0.15) is 6.04 Å². The van der Waals surface area contributed by atoms with E-state index in [1.54, 1.807) is 6.07 Å². The fourth-order valence-electron chi connectivity index (χ4n) is 2.75. The average molecular weight is 317 g/mol. The first-order valence-electron chi connectivity index (χ1n) is 7.03. The molecule has 0 bridgehead atoms. The molecule has 1 heterocycles. The lowest BCUT2D eigenvalue weighted by Crippen LogP contribution is -2.48. The van der Waals surface area contributed by atoms with Crippen molar-refractivity contribution in [3.63, 3.8) is 0 Å². The van der Waals surface area contributed by atoms with Crippen LogP contribution in [-0.2, 0) is 17.8 Å². The number of fused-ring (bicyclic) bond motifs is 1. The van der Waals surface area contributed by atoms with Gasteiger partial charge in [-0.25, -0.2) is 13.6 Å². The maximum Gasteiger partial charge on any atom is 0.326 e. The number of aliphatic carboxylic acids is 1. The van der Waals surface area contributed by atoms with Crippen LogP contribution in [0.4, 0.5) is 8.78 Å². The van der Waals surface area contributed by atoms with Crippen LogP contribution in [-0.4, -0.2) is 27.9 Å². The number of carbonyl (C=O) groups excluding carboxylic acids is 1. The summed E-state index contributed by atoms with van der Waals surface area (Å²) in [6.07, 6.45) is 0.181. The molecule has 2 aromatic carbocycles. The highest BCUT2D eigenvalue weighted by Gasteiger charge is 2.35. The summed E-state index contributed by atoms with van der Waals surface area (Å²) < 4.78 is 26.4. The van der Waals surface area contributed by atoms with Gasteiger partial charge in [-0.2, -0.15) is 0 Å². The molecule has 1 unspecified atom stereocenters. The van der Waals surface area contributed by atoms with Crippen LogP contribution in [0.1, 0.15) is 21.5 Å². The first-order valence-corrected chi connectivity index (χ1v) is 7.03. The van der Waals surface area contributed by atoms with Gasteiger partial charge in [-0.3, -0.25) is 4.79 Å². The molecule has 0 saturated carbocycles. The van der Waals surface area contributed by atoms with Gasteiger partial charge in [-0.15, -0.1) is 0 Å². The fourth-order valence-corrected chi connectivity index (χ4v) is 2.75. The molecule has 23 heavy (non-hydrogen) atoms. The zero-order valence-electron chi connectivity index (χ0n) is 12.0. The van der Waals surface area contributed by atoms with Crippen LogP contribution < -0.4 is 0 Å². The zero-order valence-corrected chi connectivity index (χ0v) is 12.0. The Morgan fingerprint density at radius 3 is 2.39 bits per heavy atom. The second-order valence-corrected chi connectivity index (χ2v) is 5.39. The molecular formula is C17H13F2NO3. The molecule has 0 radical (unpaired) electrons. The van der Waals surface area contributed by atoms with Crippen molar-refractivity contribution < 1.29 is 23.5 Å². The molecule has 0 aromatic heterocycles. The standard InChI is InChI=1S/C17H13F2NO3/c18-13-6-5-11(7-14(13)19)16(21)20-9-12-4-2-1-3-10(12)8-15(20)17(22)23/h1-7,15H,8-9H2,(H,22,23).